The van der Waals surface area contributed by atoms with Crippen LogP contribution in [0.3, 0.4) is 0 Å². The smallest absolute Gasteiger partial charge is 0.462 e. The molecule has 74 heavy (non-hydrogen) atoms. The number of allylic oxidation sites excluding steroid dienone is 20. The van der Waals surface area contributed by atoms with Gasteiger partial charge in [0.05, 0.1) is 13.2 Å². The maximum atomic E-state index is 12.7. The van der Waals surface area contributed by atoms with Crippen LogP contribution in [-0.2, 0) is 32.7 Å². The Bertz CT molecular complexity index is 1620. The Kier molecular flexibility index (Phi) is 55.8. The van der Waals surface area contributed by atoms with E-state index in [0.717, 1.165) is 109 Å². The molecule has 0 heterocycles. The van der Waals surface area contributed by atoms with Crippen LogP contribution in [0.4, 0.5) is 0 Å². The molecule has 3 N–H and O–H groups in total. The molecule has 0 amide bonds. The predicted octanol–water partition coefficient (Wildman–Crippen LogP) is 18.8. The number of esters is 2. The lowest BCUT2D eigenvalue weighted by atomic mass is 10.0. The van der Waals surface area contributed by atoms with Gasteiger partial charge in [-0.2, -0.15) is 0 Å². The molecule has 0 aromatic carbocycles. The maximum Gasteiger partial charge on any atom is 0.472 e. The monoisotopic (exact) mass is 1050 g/mol. The molecule has 0 aliphatic rings. The highest BCUT2D eigenvalue weighted by atomic mass is 31.2. The molecule has 422 valence electrons. The molecule has 0 fully saturated rings. The van der Waals surface area contributed by atoms with Crippen LogP contribution in [0.2, 0.25) is 0 Å². The molecule has 0 saturated carbocycles. The number of phosphoric ester groups is 1. The van der Waals surface area contributed by atoms with E-state index in [2.05, 4.69) is 135 Å². The first kappa shape index (κ1) is 70.4. The third-order valence-electron chi connectivity index (χ3n) is 12.1. The molecule has 0 radical (unpaired) electrons. The molecule has 0 aliphatic carbocycles. The first-order valence-electron chi connectivity index (χ1n) is 29.5. The lowest BCUT2D eigenvalue weighted by Gasteiger charge is -2.19. The summed E-state index contributed by atoms with van der Waals surface area (Å²) in [4.78, 5) is 35.1. The van der Waals surface area contributed by atoms with Crippen LogP contribution in [0.15, 0.2) is 122 Å². The van der Waals surface area contributed by atoms with Gasteiger partial charge in [-0.15, -0.1) is 0 Å². The molecule has 9 nitrogen and oxygen atoms in total. The lowest BCUT2D eigenvalue weighted by Crippen LogP contribution is -2.29. The fraction of sp³-hybridized carbons (Fsp3) is 0.656. The van der Waals surface area contributed by atoms with Crippen molar-refractivity contribution >= 4 is 19.8 Å². The van der Waals surface area contributed by atoms with Crippen LogP contribution in [0.1, 0.15) is 239 Å². The molecule has 10 heteroatoms. The molecule has 0 saturated heterocycles. The summed E-state index contributed by atoms with van der Waals surface area (Å²) in [6.07, 6.45) is 81.1. The van der Waals surface area contributed by atoms with E-state index in [-0.39, 0.29) is 32.6 Å². The van der Waals surface area contributed by atoms with Gasteiger partial charge in [0.1, 0.15) is 6.61 Å². The SMILES string of the molecule is CC/C=C\C/C=C\C/C=C\C/C=C\C/C=C\C/C=C\C/C=C\C/C=C\CCCCCCCCCCCCCCC(=O)OC(COC(=O)CCCCCCC/C=C\C/C=C\CCCCCC)COP(=O)(O)OCCN. The van der Waals surface area contributed by atoms with Crippen LogP contribution in [0.5, 0.6) is 0 Å². The zero-order valence-corrected chi connectivity index (χ0v) is 47.9. The van der Waals surface area contributed by atoms with E-state index in [1.807, 2.05) is 0 Å². The second-order valence-corrected chi connectivity index (χ2v) is 20.6. The third-order valence-corrected chi connectivity index (χ3v) is 13.1. The second kappa shape index (κ2) is 58.7. The highest BCUT2D eigenvalue weighted by molar-refractivity contribution is 7.47. The molecule has 2 unspecified atom stereocenters. The molecule has 0 bridgehead atoms. The second-order valence-electron chi connectivity index (χ2n) is 19.1. The number of rotatable bonds is 54. The number of carbonyl (C=O) groups excluding carboxylic acids is 2. The van der Waals surface area contributed by atoms with E-state index in [0.29, 0.717) is 12.8 Å². The molecule has 0 aromatic heterocycles. The molecule has 0 spiro atoms. The van der Waals surface area contributed by atoms with Crippen LogP contribution in [-0.4, -0.2) is 49.3 Å². The highest BCUT2D eigenvalue weighted by Gasteiger charge is 2.26. The minimum absolute atomic E-state index is 0.0461. The largest absolute Gasteiger partial charge is 0.472 e. The molecule has 0 aliphatic heterocycles. The zero-order chi connectivity index (χ0) is 53.8. The van der Waals surface area contributed by atoms with Gasteiger partial charge in [0.2, 0.25) is 0 Å². The Morgan fingerprint density at radius 1 is 0.419 bits per heavy atom. The standard InChI is InChI=1S/C64H108NO8P/c1-3-5-7-9-11-13-15-17-19-21-22-23-24-25-26-27-28-29-30-31-32-33-34-35-36-37-38-39-40-41-43-45-47-49-51-53-55-57-64(67)73-62(61-72-74(68,69)71-59-58-65)60-70-63(66)56-54-52-50-48-46-44-42-20-18-16-14-12-10-8-6-4-2/h5,7,11,13-14,16-17,19-20,22-23,25-26,28-29,31-32,34-35,42,62H,3-4,6,8-10,12,15,18,21,24,27,30,33,36-41,43-61,65H2,1-2H3,(H,68,69)/b7-5-,13-11-,16-14-,19-17-,23-22-,26-25-,29-28-,32-31-,35-34-,42-20-. The highest BCUT2D eigenvalue weighted by Crippen LogP contribution is 2.43. The van der Waals surface area contributed by atoms with Crippen LogP contribution < -0.4 is 5.73 Å². The Morgan fingerprint density at radius 3 is 1.11 bits per heavy atom. The molecule has 0 aromatic rings. The number of unbranched alkanes of at least 4 members (excludes halogenated alkanes) is 21. The van der Waals surface area contributed by atoms with Crippen LogP contribution >= 0.6 is 7.82 Å². The molecule has 0 rings (SSSR count). The van der Waals surface area contributed by atoms with Gasteiger partial charge in [-0.25, -0.2) is 4.57 Å². The molecular weight excluding hydrogens is 942 g/mol. The van der Waals surface area contributed by atoms with Gasteiger partial charge in [0.15, 0.2) is 6.10 Å². The fourth-order valence-corrected chi connectivity index (χ4v) is 8.51. The van der Waals surface area contributed by atoms with E-state index >= 15 is 0 Å². The summed E-state index contributed by atoms with van der Waals surface area (Å²) in [6.45, 7) is 3.59. The van der Waals surface area contributed by atoms with Crippen molar-refractivity contribution in [3.63, 3.8) is 0 Å². The van der Waals surface area contributed by atoms with Crippen molar-refractivity contribution in [2.24, 2.45) is 5.73 Å². The number of hydrogen-bond acceptors (Lipinski definition) is 8. The van der Waals surface area contributed by atoms with E-state index in [9.17, 15) is 19.0 Å². The quantitative estimate of drug-likeness (QED) is 0.0264. The summed E-state index contributed by atoms with van der Waals surface area (Å²) >= 11 is 0. The lowest BCUT2D eigenvalue weighted by molar-refractivity contribution is -0.161. The van der Waals surface area contributed by atoms with Crippen LogP contribution in [0.25, 0.3) is 0 Å². The Balaban J connectivity index is 3.96. The number of carbonyl (C=O) groups is 2. The van der Waals surface area contributed by atoms with Gasteiger partial charge in [-0.3, -0.25) is 18.6 Å². The third kappa shape index (κ3) is 57.7. The summed E-state index contributed by atoms with van der Waals surface area (Å²) in [5.74, 6) is -0.850. The fourth-order valence-electron chi connectivity index (χ4n) is 7.74. The number of nitrogens with two attached hydrogens (primary N) is 1. The Morgan fingerprint density at radius 2 is 0.743 bits per heavy atom. The summed E-state index contributed by atoms with van der Waals surface area (Å²) in [5, 5.41) is 0. The molecular formula is C64H108NO8P. The first-order valence-corrected chi connectivity index (χ1v) is 31.0. The van der Waals surface area contributed by atoms with Crippen molar-refractivity contribution in [1.29, 1.82) is 0 Å². The van der Waals surface area contributed by atoms with Gasteiger partial charge >= 0.3 is 19.8 Å². The van der Waals surface area contributed by atoms with Gasteiger partial charge in [0, 0.05) is 19.4 Å². The zero-order valence-electron chi connectivity index (χ0n) is 47.0. The average molecular weight is 1050 g/mol. The van der Waals surface area contributed by atoms with Crippen molar-refractivity contribution in [2.75, 3.05) is 26.4 Å². The van der Waals surface area contributed by atoms with E-state index in [1.165, 1.54) is 89.9 Å². The summed E-state index contributed by atoms with van der Waals surface area (Å²) in [7, 11) is -4.40. The first-order chi connectivity index (χ1) is 36.3. The Hall–Kier alpha value is -3.59. The topological polar surface area (TPSA) is 134 Å². The van der Waals surface area contributed by atoms with Gasteiger partial charge in [0.25, 0.3) is 0 Å². The predicted molar refractivity (Wildman–Crippen MR) is 316 cm³/mol. The molecule has 2 atom stereocenters. The van der Waals surface area contributed by atoms with E-state index in [1.54, 1.807) is 0 Å². The average Bonchev–Trinajstić information content (AvgIpc) is 3.39. The van der Waals surface area contributed by atoms with E-state index < -0.39 is 32.5 Å². The normalized spacial score (nSPS) is 13.9. The van der Waals surface area contributed by atoms with Gasteiger partial charge in [-0.05, 0) is 109 Å². The van der Waals surface area contributed by atoms with Gasteiger partial charge in [-0.1, -0.05) is 238 Å². The van der Waals surface area contributed by atoms with Crippen molar-refractivity contribution in [3.8, 4) is 0 Å². The maximum absolute atomic E-state index is 12.7. The van der Waals surface area contributed by atoms with E-state index in [4.69, 9.17) is 24.3 Å². The van der Waals surface area contributed by atoms with Crippen molar-refractivity contribution in [2.45, 2.75) is 245 Å². The number of hydrogen-bond donors (Lipinski definition) is 2. The minimum Gasteiger partial charge on any atom is -0.462 e. The van der Waals surface area contributed by atoms with Gasteiger partial charge < -0.3 is 20.1 Å². The Labute approximate surface area is 453 Å². The summed E-state index contributed by atoms with van der Waals surface area (Å²) in [5.41, 5.74) is 5.38. The van der Waals surface area contributed by atoms with Crippen molar-refractivity contribution in [1.82, 2.24) is 0 Å². The summed E-state index contributed by atoms with van der Waals surface area (Å²) < 4.78 is 33.0. The van der Waals surface area contributed by atoms with Crippen molar-refractivity contribution in [3.05, 3.63) is 122 Å². The number of ether oxygens (including phenoxy) is 2. The number of phosphoric acid groups is 1. The van der Waals surface area contributed by atoms with Crippen LogP contribution in [0, 0.1) is 0 Å². The van der Waals surface area contributed by atoms with Crippen molar-refractivity contribution < 1.29 is 37.6 Å². The summed E-state index contributed by atoms with van der Waals surface area (Å²) in [6, 6.07) is 0. The minimum atomic E-state index is -4.40.